The van der Waals surface area contributed by atoms with Crippen LogP contribution in [0.25, 0.3) is 10.6 Å². The molecule has 0 saturated heterocycles. The number of methoxy groups -OCH3 is 1. The fraction of sp³-hybridized carbons (Fsp3) is 0.217. The minimum atomic E-state index is -0.773. The lowest BCUT2D eigenvalue weighted by Crippen LogP contribution is -2.42. The van der Waals surface area contributed by atoms with Crippen LogP contribution in [0.2, 0.25) is 0 Å². The zero-order valence-corrected chi connectivity index (χ0v) is 18.1. The molecule has 0 saturated carbocycles. The molecule has 1 aromatic heterocycles. The van der Waals surface area contributed by atoms with Gasteiger partial charge in [-0.3, -0.25) is 9.59 Å². The highest BCUT2D eigenvalue weighted by Crippen LogP contribution is 2.27. The lowest BCUT2D eigenvalue weighted by molar-refractivity contribution is -0.146. The first-order chi connectivity index (χ1) is 15.3. The van der Waals surface area contributed by atoms with Crippen LogP contribution in [0.4, 0.5) is 8.78 Å². The van der Waals surface area contributed by atoms with Crippen LogP contribution in [0.15, 0.2) is 47.8 Å². The van der Waals surface area contributed by atoms with Crippen LogP contribution >= 0.6 is 11.3 Å². The number of carbonyl (C=O) groups is 2. The number of benzene rings is 2. The highest BCUT2D eigenvalue weighted by Gasteiger charge is 2.28. The van der Waals surface area contributed by atoms with Gasteiger partial charge in [-0.1, -0.05) is 12.1 Å². The van der Waals surface area contributed by atoms with Gasteiger partial charge in [-0.2, -0.15) is 5.26 Å². The Bertz CT molecular complexity index is 1190. The zero-order valence-electron chi connectivity index (χ0n) is 17.3. The molecule has 0 radical (unpaired) electrons. The van der Waals surface area contributed by atoms with Gasteiger partial charge in [-0.25, -0.2) is 13.8 Å². The molecular weight excluding hydrogens is 436 g/mol. The number of thiazole rings is 1. The Balaban J connectivity index is 1.75. The lowest BCUT2D eigenvalue weighted by atomic mass is 9.92. The maximum Gasteiger partial charge on any atom is 0.311 e. The van der Waals surface area contributed by atoms with Crippen molar-refractivity contribution in [3.05, 3.63) is 76.3 Å². The first kappa shape index (κ1) is 23.0. The van der Waals surface area contributed by atoms with Crippen LogP contribution in [-0.2, 0) is 16.0 Å². The van der Waals surface area contributed by atoms with E-state index in [-0.39, 0.29) is 22.7 Å². The average molecular weight is 455 g/mol. The Morgan fingerprint density at radius 3 is 2.72 bits per heavy atom. The van der Waals surface area contributed by atoms with Crippen LogP contribution in [0.3, 0.4) is 0 Å². The molecule has 2 aromatic carbocycles. The largest absolute Gasteiger partial charge is 0.469 e. The van der Waals surface area contributed by atoms with Crippen molar-refractivity contribution in [2.45, 2.75) is 19.4 Å². The summed E-state index contributed by atoms with van der Waals surface area (Å²) in [7, 11) is 1.26. The molecule has 0 aliphatic carbocycles. The SMILES string of the molecule is COC(=O)C(Cc1cccc(C#N)c1)C(C)NC(=O)c1csc(-c2ccc(F)cc2F)n1. The normalized spacial score (nSPS) is 12.5. The van der Waals surface area contributed by atoms with E-state index < -0.39 is 35.5 Å². The second-order valence-electron chi connectivity index (χ2n) is 7.07. The van der Waals surface area contributed by atoms with Gasteiger partial charge in [0, 0.05) is 23.1 Å². The summed E-state index contributed by atoms with van der Waals surface area (Å²) in [5, 5.41) is 13.5. The number of carbonyl (C=O) groups excluding carboxylic acids is 2. The molecule has 2 atom stereocenters. The van der Waals surface area contributed by atoms with E-state index in [1.54, 1.807) is 31.2 Å². The molecule has 0 bridgehead atoms. The number of halogens is 2. The van der Waals surface area contributed by atoms with Gasteiger partial charge in [0.2, 0.25) is 0 Å². The summed E-state index contributed by atoms with van der Waals surface area (Å²) in [4.78, 5) is 29.2. The molecule has 0 aliphatic heterocycles. The smallest absolute Gasteiger partial charge is 0.311 e. The summed E-state index contributed by atoms with van der Waals surface area (Å²) in [5.41, 5.74) is 1.36. The monoisotopic (exact) mass is 455 g/mol. The summed E-state index contributed by atoms with van der Waals surface area (Å²) in [6.07, 6.45) is 0.257. The molecule has 0 spiro atoms. The van der Waals surface area contributed by atoms with E-state index in [0.717, 1.165) is 29.0 Å². The molecule has 0 fully saturated rings. The van der Waals surface area contributed by atoms with Crippen LogP contribution in [0.1, 0.15) is 28.5 Å². The predicted molar refractivity (Wildman–Crippen MR) is 115 cm³/mol. The van der Waals surface area contributed by atoms with Gasteiger partial charge >= 0.3 is 5.97 Å². The second kappa shape index (κ2) is 10.1. The summed E-state index contributed by atoms with van der Waals surface area (Å²) in [6.45, 7) is 1.67. The predicted octanol–water partition coefficient (Wildman–Crippen LogP) is 4.11. The van der Waals surface area contributed by atoms with E-state index in [0.29, 0.717) is 5.56 Å². The Labute approximate surface area is 187 Å². The Morgan fingerprint density at radius 2 is 2.03 bits per heavy atom. The minimum Gasteiger partial charge on any atom is -0.469 e. The zero-order chi connectivity index (χ0) is 23.3. The Hall–Kier alpha value is -3.64. The number of amides is 1. The van der Waals surface area contributed by atoms with Crippen molar-refractivity contribution < 1.29 is 23.1 Å². The molecule has 1 heterocycles. The number of hydrogen-bond donors (Lipinski definition) is 1. The van der Waals surface area contributed by atoms with Crippen molar-refractivity contribution in [2.75, 3.05) is 7.11 Å². The lowest BCUT2D eigenvalue weighted by Gasteiger charge is -2.22. The quantitative estimate of drug-likeness (QED) is 0.542. The molecular formula is C23H19F2N3O3S. The summed E-state index contributed by atoms with van der Waals surface area (Å²) in [6, 6.07) is 11.4. The fourth-order valence-corrected chi connectivity index (χ4v) is 4.01. The minimum absolute atomic E-state index is 0.0515. The third-order valence-electron chi connectivity index (χ3n) is 4.88. The highest BCUT2D eigenvalue weighted by atomic mass is 32.1. The van der Waals surface area contributed by atoms with Crippen LogP contribution in [-0.4, -0.2) is 30.0 Å². The topological polar surface area (TPSA) is 92.1 Å². The number of nitriles is 1. The van der Waals surface area contributed by atoms with Gasteiger partial charge in [0.25, 0.3) is 5.91 Å². The number of aromatic nitrogens is 1. The summed E-state index contributed by atoms with van der Waals surface area (Å²) in [5.74, 6) is -3.23. The second-order valence-corrected chi connectivity index (χ2v) is 7.93. The van der Waals surface area contributed by atoms with E-state index >= 15 is 0 Å². The molecule has 32 heavy (non-hydrogen) atoms. The Kier molecular flexibility index (Phi) is 7.28. The van der Waals surface area contributed by atoms with E-state index in [2.05, 4.69) is 10.3 Å². The van der Waals surface area contributed by atoms with E-state index in [1.807, 2.05) is 6.07 Å². The van der Waals surface area contributed by atoms with Gasteiger partial charge in [-0.15, -0.1) is 11.3 Å². The van der Waals surface area contributed by atoms with E-state index in [1.165, 1.54) is 18.6 Å². The molecule has 3 rings (SSSR count). The number of rotatable bonds is 7. The maximum absolute atomic E-state index is 14.0. The van der Waals surface area contributed by atoms with Crippen molar-refractivity contribution in [1.29, 1.82) is 5.26 Å². The van der Waals surface area contributed by atoms with Crippen LogP contribution < -0.4 is 5.32 Å². The molecule has 2 unspecified atom stereocenters. The van der Waals surface area contributed by atoms with Gasteiger partial charge < -0.3 is 10.1 Å². The van der Waals surface area contributed by atoms with Crippen molar-refractivity contribution in [3.8, 4) is 16.6 Å². The molecule has 0 aliphatic rings. The van der Waals surface area contributed by atoms with Gasteiger partial charge in [0.15, 0.2) is 0 Å². The van der Waals surface area contributed by atoms with Crippen molar-refractivity contribution in [2.24, 2.45) is 5.92 Å². The molecule has 6 nitrogen and oxygen atoms in total. The summed E-state index contributed by atoms with van der Waals surface area (Å²) >= 11 is 1.05. The van der Waals surface area contributed by atoms with Crippen LogP contribution in [0.5, 0.6) is 0 Å². The average Bonchev–Trinajstić information content (AvgIpc) is 3.27. The van der Waals surface area contributed by atoms with Crippen LogP contribution in [0, 0.1) is 28.9 Å². The first-order valence-corrected chi connectivity index (χ1v) is 10.5. The molecule has 164 valence electrons. The molecule has 9 heteroatoms. The fourth-order valence-electron chi connectivity index (χ4n) is 3.18. The standard InChI is InChI=1S/C23H19F2N3O3S/c1-13(18(23(30)31-2)9-14-4-3-5-15(8-14)11-26)27-21(29)20-12-32-22(28-20)17-7-6-16(24)10-19(17)25/h3-8,10,12-13,18H,9H2,1-2H3,(H,27,29). The van der Waals surface area contributed by atoms with Gasteiger partial charge in [0.1, 0.15) is 22.3 Å². The number of esters is 1. The van der Waals surface area contributed by atoms with Gasteiger partial charge in [0.05, 0.1) is 24.7 Å². The number of nitrogens with zero attached hydrogens (tertiary/aromatic N) is 2. The number of hydrogen-bond acceptors (Lipinski definition) is 6. The molecule has 1 amide bonds. The molecule has 3 aromatic rings. The third-order valence-corrected chi connectivity index (χ3v) is 5.75. The first-order valence-electron chi connectivity index (χ1n) is 9.61. The van der Waals surface area contributed by atoms with Crippen molar-refractivity contribution >= 4 is 23.2 Å². The van der Waals surface area contributed by atoms with Crippen molar-refractivity contribution in [3.63, 3.8) is 0 Å². The van der Waals surface area contributed by atoms with Gasteiger partial charge in [-0.05, 0) is 43.2 Å². The third kappa shape index (κ3) is 5.34. The number of ether oxygens (including phenoxy) is 1. The van der Waals surface area contributed by atoms with E-state index in [4.69, 9.17) is 10.00 Å². The highest BCUT2D eigenvalue weighted by molar-refractivity contribution is 7.13. The Morgan fingerprint density at radius 1 is 1.25 bits per heavy atom. The maximum atomic E-state index is 14.0. The molecule has 1 N–H and O–H groups in total. The number of nitrogens with one attached hydrogen (secondary N) is 1. The van der Waals surface area contributed by atoms with Crippen molar-refractivity contribution in [1.82, 2.24) is 10.3 Å². The summed E-state index contributed by atoms with van der Waals surface area (Å²) < 4.78 is 32.0. The van der Waals surface area contributed by atoms with E-state index in [9.17, 15) is 18.4 Å².